The molecule has 35 heavy (non-hydrogen) atoms. The van der Waals surface area contributed by atoms with Crippen LogP contribution in [-0.4, -0.2) is 54.2 Å². The van der Waals surface area contributed by atoms with Gasteiger partial charge in [-0.3, -0.25) is 9.59 Å². The third kappa shape index (κ3) is 5.51. The van der Waals surface area contributed by atoms with Crippen LogP contribution in [-0.2, 0) is 14.3 Å². The van der Waals surface area contributed by atoms with Crippen molar-refractivity contribution in [2.45, 2.75) is 45.8 Å². The molecular formula is C28H33NO6. The third-order valence-corrected chi connectivity index (χ3v) is 6.16. The molecule has 2 aromatic carbocycles. The molecule has 2 fully saturated rings. The maximum absolute atomic E-state index is 13.2. The van der Waals surface area contributed by atoms with Gasteiger partial charge in [0.05, 0.1) is 30.9 Å². The Kier molecular flexibility index (Phi) is 7.76. The van der Waals surface area contributed by atoms with Gasteiger partial charge in [-0.2, -0.15) is 0 Å². The van der Waals surface area contributed by atoms with Crippen molar-refractivity contribution in [3.05, 3.63) is 65.2 Å². The van der Waals surface area contributed by atoms with Crippen LogP contribution in [0.25, 0.3) is 5.76 Å². The van der Waals surface area contributed by atoms with Gasteiger partial charge in [-0.1, -0.05) is 26.0 Å². The van der Waals surface area contributed by atoms with Crippen LogP contribution in [0.2, 0.25) is 0 Å². The number of aliphatic hydroxyl groups is 1. The summed E-state index contributed by atoms with van der Waals surface area (Å²) in [6, 6.07) is 13.5. The molecule has 7 heteroatoms. The summed E-state index contributed by atoms with van der Waals surface area (Å²) in [5, 5.41) is 11.3. The molecule has 2 aliphatic rings. The van der Waals surface area contributed by atoms with E-state index in [1.807, 2.05) is 31.2 Å². The number of benzene rings is 2. The summed E-state index contributed by atoms with van der Waals surface area (Å²) in [4.78, 5) is 27.9. The highest BCUT2D eigenvalue weighted by atomic mass is 16.5. The Morgan fingerprint density at radius 3 is 2.54 bits per heavy atom. The fourth-order valence-corrected chi connectivity index (χ4v) is 4.49. The smallest absolute Gasteiger partial charge is 0.295 e. The molecule has 2 heterocycles. The highest BCUT2D eigenvalue weighted by molar-refractivity contribution is 6.46. The van der Waals surface area contributed by atoms with Crippen molar-refractivity contribution in [2.75, 3.05) is 26.4 Å². The van der Waals surface area contributed by atoms with Crippen LogP contribution in [0, 0.1) is 5.92 Å². The second kappa shape index (κ2) is 11.0. The Hall–Kier alpha value is -3.32. The summed E-state index contributed by atoms with van der Waals surface area (Å²) in [5.41, 5.74) is 1.21. The minimum Gasteiger partial charge on any atom is -0.507 e. The molecular weight excluding hydrogens is 446 g/mol. The Labute approximate surface area is 206 Å². The number of amides is 1. The first kappa shape index (κ1) is 24.8. The standard InChI is InChI=1S/C28H33NO6/c1-4-33-22-8-5-7-20(15-22)25-24(27(31)28(32)29(25)16-23-9-6-14-34-23)26(30)19-10-12-21(13-11-19)35-17-18(2)3/h5,7-8,10-13,15,18,23,25,30H,4,6,9,14,16-17H2,1-3H3/b26-24-. The second-order valence-corrected chi connectivity index (χ2v) is 9.32. The van der Waals surface area contributed by atoms with E-state index in [9.17, 15) is 14.7 Å². The molecule has 2 atom stereocenters. The zero-order valence-electron chi connectivity index (χ0n) is 20.5. The lowest BCUT2D eigenvalue weighted by Crippen LogP contribution is -2.36. The quantitative estimate of drug-likeness (QED) is 0.318. The molecule has 2 aromatic rings. The van der Waals surface area contributed by atoms with Crippen molar-refractivity contribution in [1.29, 1.82) is 0 Å². The van der Waals surface area contributed by atoms with Gasteiger partial charge in [0.25, 0.3) is 11.7 Å². The highest BCUT2D eigenvalue weighted by Gasteiger charge is 2.47. The van der Waals surface area contributed by atoms with Crippen LogP contribution in [0.3, 0.4) is 0 Å². The lowest BCUT2D eigenvalue weighted by Gasteiger charge is -2.27. The van der Waals surface area contributed by atoms with Crippen LogP contribution in [0.1, 0.15) is 50.8 Å². The lowest BCUT2D eigenvalue weighted by atomic mass is 9.95. The van der Waals surface area contributed by atoms with E-state index >= 15 is 0 Å². The molecule has 0 aliphatic carbocycles. The zero-order chi connectivity index (χ0) is 24.9. The van der Waals surface area contributed by atoms with E-state index in [1.54, 1.807) is 24.3 Å². The topological polar surface area (TPSA) is 85.3 Å². The summed E-state index contributed by atoms with van der Waals surface area (Å²) in [6.45, 7) is 8.02. The van der Waals surface area contributed by atoms with Crippen molar-refractivity contribution in [3.63, 3.8) is 0 Å². The van der Waals surface area contributed by atoms with E-state index in [0.29, 0.717) is 48.4 Å². The average molecular weight is 480 g/mol. The molecule has 2 aliphatic heterocycles. The Morgan fingerprint density at radius 2 is 1.89 bits per heavy atom. The van der Waals surface area contributed by atoms with Crippen LogP contribution in [0.15, 0.2) is 54.1 Å². The number of hydrogen-bond acceptors (Lipinski definition) is 6. The van der Waals surface area contributed by atoms with Gasteiger partial charge in [-0.15, -0.1) is 0 Å². The van der Waals surface area contributed by atoms with Crippen LogP contribution in [0.5, 0.6) is 11.5 Å². The summed E-state index contributed by atoms with van der Waals surface area (Å²) < 4.78 is 17.1. The van der Waals surface area contributed by atoms with Gasteiger partial charge in [0.15, 0.2) is 0 Å². The number of likely N-dealkylation sites (tertiary alicyclic amines) is 1. The zero-order valence-corrected chi connectivity index (χ0v) is 20.5. The highest BCUT2D eigenvalue weighted by Crippen LogP contribution is 2.41. The number of Topliss-reactive ketones (excluding diaryl/α,β-unsaturated/α-hetero) is 1. The molecule has 1 amide bonds. The molecule has 0 saturated carbocycles. The van der Waals surface area contributed by atoms with Gasteiger partial charge in [-0.05, 0) is 67.6 Å². The Balaban J connectivity index is 1.73. The van der Waals surface area contributed by atoms with E-state index < -0.39 is 17.7 Å². The molecule has 1 N–H and O–H groups in total. The first-order chi connectivity index (χ1) is 16.9. The number of nitrogens with zero attached hydrogens (tertiary/aromatic N) is 1. The second-order valence-electron chi connectivity index (χ2n) is 9.32. The largest absolute Gasteiger partial charge is 0.507 e. The molecule has 0 aromatic heterocycles. The van der Waals surface area contributed by atoms with E-state index in [4.69, 9.17) is 14.2 Å². The number of ether oxygens (including phenoxy) is 3. The third-order valence-electron chi connectivity index (χ3n) is 6.16. The SMILES string of the molecule is CCOc1cccc(C2/C(=C(/O)c3ccc(OCC(C)C)cc3)C(=O)C(=O)N2CC2CCCO2)c1. The summed E-state index contributed by atoms with van der Waals surface area (Å²) >= 11 is 0. The summed E-state index contributed by atoms with van der Waals surface area (Å²) in [7, 11) is 0. The van der Waals surface area contributed by atoms with Crippen molar-refractivity contribution >= 4 is 17.4 Å². The van der Waals surface area contributed by atoms with E-state index in [-0.39, 0.29) is 24.0 Å². The van der Waals surface area contributed by atoms with E-state index in [0.717, 1.165) is 12.8 Å². The molecule has 186 valence electrons. The summed E-state index contributed by atoms with van der Waals surface area (Å²) in [6.07, 6.45) is 1.61. The van der Waals surface area contributed by atoms with Gasteiger partial charge in [-0.25, -0.2) is 0 Å². The predicted octanol–water partition coefficient (Wildman–Crippen LogP) is 4.72. The predicted molar refractivity (Wildman–Crippen MR) is 132 cm³/mol. The van der Waals surface area contributed by atoms with Crippen LogP contribution in [0.4, 0.5) is 0 Å². The molecule has 0 bridgehead atoms. The molecule has 2 unspecified atom stereocenters. The van der Waals surface area contributed by atoms with E-state index in [2.05, 4.69) is 13.8 Å². The minimum atomic E-state index is -0.739. The number of hydrogen-bond donors (Lipinski definition) is 1. The first-order valence-corrected chi connectivity index (χ1v) is 12.2. The number of rotatable bonds is 9. The number of ketones is 1. The molecule has 0 radical (unpaired) electrons. The monoisotopic (exact) mass is 479 g/mol. The van der Waals surface area contributed by atoms with E-state index in [1.165, 1.54) is 4.90 Å². The van der Waals surface area contributed by atoms with Gasteiger partial charge >= 0.3 is 0 Å². The molecule has 7 nitrogen and oxygen atoms in total. The minimum absolute atomic E-state index is 0.0671. The number of carbonyl (C=O) groups is 2. The fraction of sp³-hybridized carbons (Fsp3) is 0.429. The van der Waals surface area contributed by atoms with Gasteiger partial charge in [0.2, 0.25) is 0 Å². The van der Waals surface area contributed by atoms with Crippen molar-refractivity contribution in [1.82, 2.24) is 4.90 Å². The van der Waals surface area contributed by atoms with Crippen LogP contribution >= 0.6 is 0 Å². The summed E-state index contributed by atoms with van der Waals surface area (Å²) in [5.74, 6) is 0.156. The van der Waals surface area contributed by atoms with Gasteiger partial charge in [0.1, 0.15) is 17.3 Å². The Bertz CT molecular complexity index is 1080. The van der Waals surface area contributed by atoms with Crippen molar-refractivity contribution in [2.24, 2.45) is 5.92 Å². The Morgan fingerprint density at radius 1 is 1.11 bits per heavy atom. The fourth-order valence-electron chi connectivity index (χ4n) is 4.49. The maximum Gasteiger partial charge on any atom is 0.295 e. The average Bonchev–Trinajstić information content (AvgIpc) is 3.45. The first-order valence-electron chi connectivity index (χ1n) is 12.2. The lowest BCUT2D eigenvalue weighted by molar-refractivity contribution is -0.140. The van der Waals surface area contributed by atoms with Gasteiger partial charge in [0, 0.05) is 18.7 Å². The molecule has 0 spiro atoms. The number of carbonyl (C=O) groups excluding carboxylic acids is 2. The maximum atomic E-state index is 13.2. The van der Waals surface area contributed by atoms with Gasteiger partial charge < -0.3 is 24.2 Å². The van der Waals surface area contributed by atoms with Crippen molar-refractivity contribution < 1.29 is 28.9 Å². The normalized spacial score (nSPS) is 21.7. The van der Waals surface area contributed by atoms with Crippen LogP contribution < -0.4 is 9.47 Å². The number of aliphatic hydroxyl groups excluding tert-OH is 1. The van der Waals surface area contributed by atoms with Crippen molar-refractivity contribution in [3.8, 4) is 11.5 Å². The molecule has 2 saturated heterocycles. The molecule has 4 rings (SSSR count).